The zero-order valence-electron chi connectivity index (χ0n) is 18.8. The number of methoxy groups -OCH3 is 1. The maximum atomic E-state index is 9.80. The molecule has 32 heavy (non-hydrogen) atoms. The number of aliphatic hydroxyl groups excluding tert-OH is 1. The van der Waals surface area contributed by atoms with Gasteiger partial charge < -0.3 is 20.9 Å². The van der Waals surface area contributed by atoms with Crippen molar-refractivity contribution < 1.29 is 9.84 Å². The van der Waals surface area contributed by atoms with Crippen LogP contribution in [0.3, 0.4) is 0 Å². The Morgan fingerprint density at radius 3 is 2.72 bits per heavy atom. The summed E-state index contributed by atoms with van der Waals surface area (Å²) in [7, 11) is 1.60. The molecular weight excluding hydrogens is 428 g/mol. The molecule has 1 aliphatic heterocycles. The number of rotatable bonds is 8. The summed E-state index contributed by atoms with van der Waals surface area (Å²) in [5, 5.41) is 23.0. The van der Waals surface area contributed by atoms with Crippen molar-refractivity contribution in [1.82, 2.24) is 14.9 Å². The van der Waals surface area contributed by atoms with Gasteiger partial charge in [0.25, 0.3) is 0 Å². The summed E-state index contributed by atoms with van der Waals surface area (Å²) in [6.07, 6.45) is 1.40. The van der Waals surface area contributed by atoms with E-state index >= 15 is 0 Å². The van der Waals surface area contributed by atoms with Crippen LogP contribution < -0.4 is 15.8 Å². The van der Waals surface area contributed by atoms with Crippen LogP contribution in [0.2, 0.25) is 5.02 Å². The predicted octanol–water partition coefficient (Wildman–Crippen LogP) is 3.58. The Balaban J connectivity index is 2.01. The lowest BCUT2D eigenvalue weighted by Crippen LogP contribution is -2.51. The number of allylic oxidation sites excluding steroid dienone is 1. The Labute approximate surface area is 193 Å². The van der Waals surface area contributed by atoms with E-state index in [1.807, 2.05) is 20.8 Å². The van der Waals surface area contributed by atoms with E-state index in [9.17, 15) is 10.4 Å². The summed E-state index contributed by atoms with van der Waals surface area (Å²) in [6.45, 7) is 11.3. The zero-order chi connectivity index (χ0) is 23.6. The number of ether oxygens (including phenoxy) is 1. The fourth-order valence-corrected chi connectivity index (χ4v) is 4.37. The van der Waals surface area contributed by atoms with Crippen molar-refractivity contribution in [3.63, 3.8) is 0 Å². The number of hydrogen-bond acceptors (Lipinski definition) is 8. The first-order chi connectivity index (χ1) is 15.2. The molecule has 2 atom stereocenters. The molecule has 2 unspecified atom stereocenters. The second kappa shape index (κ2) is 9.74. The van der Waals surface area contributed by atoms with Gasteiger partial charge in [-0.2, -0.15) is 5.26 Å². The van der Waals surface area contributed by atoms with Crippen molar-refractivity contribution in [3.05, 3.63) is 46.2 Å². The molecule has 1 saturated heterocycles. The minimum atomic E-state index is -0.256. The third-order valence-corrected chi connectivity index (χ3v) is 6.24. The summed E-state index contributed by atoms with van der Waals surface area (Å²) in [5.41, 5.74) is 9.48. The predicted molar refractivity (Wildman–Crippen MR) is 127 cm³/mol. The molecule has 1 fully saturated rings. The lowest BCUT2D eigenvalue weighted by Gasteiger charge is -2.43. The third-order valence-electron chi connectivity index (χ3n) is 5.94. The largest absolute Gasteiger partial charge is 0.496 e. The van der Waals surface area contributed by atoms with E-state index in [4.69, 9.17) is 22.1 Å². The highest BCUT2D eigenvalue weighted by Gasteiger charge is 2.36. The number of aromatic nitrogens is 2. The highest BCUT2D eigenvalue weighted by Crippen LogP contribution is 2.44. The minimum Gasteiger partial charge on any atom is -0.496 e. The van der Waals surface area contributed by atoms with Gasteiger partial charge in [0.05, 0.1) is 35.9 Å². The van der Waals surface area contributed by atoms with Gasteiger partial charge in [-0.3, -0.25) is 4.90 Å². The van der Waals surface area contributed by atoms with E-state index < -0.39 is 0 Å². The first kappa shape index (κ1) is 23.8. The molecule has 1 aromatic heterocycles. The fraction of sp³-hybridized carbons (Fsp3) is 0.435. The third kappa shape index (κ3) is 4.37. The van der Waals surface area contributed by atoms with E-state index in [-0.39, 0.29) is 24.6 Å². The van der Waals surface area contributed by atoms with E-state index in [2.05, 4.69) is 32.8 Å². The molecule has 1 aliphatic rings. The number of nitrogens with one attached hydrogen (secondary N) is 1. The number of anilines is 2. The number of benzene rings is 1. The van der Waals surface area contributed by atoms with Crippen molar-refractivity contribution >= 4 is 28.8 Å². The molecule has 0 bridgehead atoms. The molecule has 0 aliphatic carbocycles. The van der Waals surface area contributed by atoms with Gasteiger partial charge in [0.15, 0.2) is 0 Å². The molecule has 2 aromatic rings. The summed E-state index contributed by atoms with van der Waals surface area (Å²) in [5.74, 6) is 1.62. The molecule has 0 saturated carbocycles. The maximum absolute atomic E-state index is 9.80. The zero-order valence-corrected chi connectivity index (χ0v) is 19.6. The second-order valence-electron chi connectivity index (χ2n) is 8.19. The molecule has 8 nitrogen and oxygen atoms in total. The molecule has 2 heterocycles. The van der Waals surface area contributed by atoms with Crippen molar-refractivity contribution in [2.45, 2.75) is 38.8 Å². The van der Waals surface area contributed by atoms with Gasteiger partial charge in [0.2, 0.25) is 0 Å². The van der Waals surface area contributed by atoms with Gasteiger partial charge in [0.1, 0.15) is 29.8 Å². The van der Waals surface area contributed by atoms with E-state index in [0.717, 1.165) is 29.8 Å². The van der Waals surface area contributed by atoms with Crippen LogP contribution in [0.1, 0.15) is 55.0 Å². The Morgan fingerprint density at radius 1 is 1.47 bits per heavy atom. The number of nitrogen functional groups attached to an aromatic ring is 1. The SMILES string of the molecule is C=C(C)c1c(N)ncnc1NC(C)c1cc(Cl)c(C#N)c(C2CN(C(C)CO)C2)c1OC. The molecule has 0 spiro atoms. The molecule has 3 rings (SSSR count). The van der Waals surface area contributed by atoms with Crippen molar-refractivity contribution in [2.75, 3.05) is 37.9 Å². The van der Waals surface area contributed by atoms with E-state index in [1.165, 1.54) is 6.33 Å². The number of hydrogen-bond donors (Lipinski definition) is 3. The van der Waals surface area contributed by atoms with Crippen LogP contribution in [-0.4, -0.2) is 52.8 Å². The van der Waals surface area contributed by atoms with E-state index in [0.29, 0.717) is 33.5 Å². The summed E-state index contributed by atoms with van der Waals surface area (Å²) >= 11 is 6.55. The van der Waals surface area contributed by atoms with Gasteiger partial charge in [-0.05, 0) is 32.4 Å². The Bertz CT molecular complexity index is 1060. The highest BCUT2D eigenvalue weighted by molar-refractivity contribution is 6.32. The average Bonchev–Trinajstić information content (AvgIpc) is 2.71. The van der Waals surface area contributed by atoms with Gasteiger partial charge in [-0.1, -0.05) is 18.2 Å². The number of nitrogens with two attached hydrogens (primary N) is 1. The molecule has 0 radical (unpaired) electrons. The molecule has 9 heteroatoms. The van der Waals surface area contributed by atoms with Crippen LogP contribution in [0.25, 0.3) is 5.57 Å². The number of nitrogens with zero attached hydrogens (tertiary/aromatic N) is 4. The maximum Gasteiger partial charge on any atom is 0.139 e. The quantitative estimate of drug-likeness (QED) is 0.551. The summed E-state index contributed by atoms with van der Waals surface area (Å²) in [6, 6.07) is 3.81. The summed E-state index contributed by atoms with van der Waals surface area (Å²) < 4.78 is 5.82. The molecule has 1 aromatic carbocycles. The Hall–Kier alpha value is -2.86. The first-order valence-electron chi connectivity index (χ1n) is 10.4. The minimum absolute atomic E-state index is 0.0609. The standard InChI is InChI=1S/C23H29ClN6O2/c1-12(2)19-22(26)27-11-28-23(19)29-14(4)16-6-18(24)17(7-25)20(21(16)32-5)15-8-30(9-15)13(3)10-31/h6,11,13-15,31H,1,8-10H2,2-5H3,(H3,26,27,28,29). The van der Waals surface area contributed by atoms with Crippen LogP contribution in [0.15, 0.2) is 19.0 Å². The number of halogens is 1. The molecule has 170 valence electrons. The van der Waals surface area contributed by atoms with Crippen LogP contribution in [-0.2, 0) is 0 Å². The van der Waals surface area contributed by atoms with Crippen LogP contribution >= 0.6 is 11.6 Å². The number of likely N-dealkylation sites (tertiary alicyclic amines) is 1. The van der Waals surface area contributed by atoms with E-state index in [1.54, 1.807) is 13.2 Å². The fourth-order valence-electron chi connectivity index (χ4n) is 4.11. The average molecular weight is 457 g/mol. The van der Waals surface area contributed by atoms with Crippen LogP contribution in [0.4, 0.5) is 11.6 Å². The lowest BCUT2D eigenvalue weighted by molar-refractivity contribution is 0.0620. The Kier molecular flexibility index (Phi) is 7.24. The monoisotopic (exact) mass is 456 g/mol. The van der Waals surface area contributed by atoms with Crippen LogP contribution in [0, 0.1) is 11.3 Å². The topological polar surface area (TPSA) is 120 Å². The summed E-state index contributed by atoms with van der Waals surface area (Å²) in [4.78, 5) is 10.6. The number of nitriles is 1. The van der Waals surface area contributed by atoms with Crippen LogP contribution in [0.5, 0.6) is 5.75 Å². The number of aliphatic hydroxyl groups is 1. The smallest absolute Gasteiger partial charge is 0.139 e. The van der Waals surface area contributed by atoms with Gasteiger partial charge in [-0.25, -0.2) is 9.97 Å². The lowest BCUT2D eigenvalue weighted by atomic mass is 9.84. The molecule has 4 N–H and O–H groups in total. The second-order valence-corrected chi connectivity index (χ2v) is 8.60. The first-order valence-corrected chi connectivity index (χ1v) is 10.8. The Morgan fingerprint density at radius 2 is 2.16 bits per heavy atom. The normalized spacial score (nSPS) is 16.0. The highest BCUT2D eigenvalue weighted by atomic mass is 35.5. The van der Waals surface area contributed by atoms with Crippen molar-refractivity contribution in [3.8, 4) is 11.8 Å². The van der Waals surface area contributed by atoms with Crippen molar-refractivity contribution in [2.24, 2.45) is 0 Å². The van der Waals surface area contributed by atoms with Gasteiger partial charge >= 0.3 is 0 Å². The van der Waals surface area contributed by atoms with Crippen molar-refractivity contribution in [1.29, 1.82) is 5.26 Å². The molecule has 0 amide bonds. The van der Waals surface area contributed by atoms with Gasteiger partial charge in [-0.15, -0.1) is 0 Å². The molecular formula is C23H29ClN6O2. The van der Waals surface area contributed by atoms with Gasteiger partial charge in [0, 0.05) is 36.2 Å².